The Balaban J connectivity index is 1.49. The number of hydrogen-bond donors (Lipinski definition) is 2. The summed E-state index contributed by atoms with van der Waals surface area (Å²) in [5, 5.41) is 6.05. The number of nitrogens with zero attached hydrogens (tertiary/aromatic N) is 2. The summed E-state index contributed by atoms with van der Waals surface area (Å²) in [6.07, 6.45) is 1.91. The van der Waals surface area contributed by atoms with E-state index in [-0.39, 0.29) is 23.7 Å². The number of amides is 1. The highest BCUT2D eigenvalue weighted by Crippen LogP contribution is 2.29. The zero-order chi connectivity index (χ0) is 22.5. The maximum atomic E-state index is 13.4. The van der Waals surface area contributed by atoms with Gasteiger partial charge in [-0.3, -0.25) is 4.79 Å². The second kappa shape index (κ2) is 9.72. The summed E-state index contributed by atoms with van der Waals surface area (Å²) >= 11 is 0. The quantitative estimate of drug-likeness (QED) is 0.549. The van der Waals surface area contributed by atoms with Gasteiger partial charge < -0.3 is 15.5 Å². The highest BCUT2D eigenvalue weighted by atomic mass is 19.1. The number of carbonyl (C=O) groups excluding carboxylic acids is 1. The number of aromatic nitrogens is 1. The van der Waals surface area contributed by atoms with Crippen molar-refractivity contribution in [2.24, 2.45) is 0 Å². The van der Waals surface area contributed by atoms with Crippen molar-refractivity contribution in [1.82, 2.24) is 4.98 Å². The van der Waals surface area contributed by atoms with Gasteiger partial charge in [-0.1, -0.05) is 12.1 Å². The Bertz CT molecular complexity index is 1080. The summed E-state index contributed by atoms with van der Waals surface area (Å²) in [5.41, 5.74) is 1.71. The number of nitrogens with one attached hydrogen (secondary N) is 2. The van der Waals surface area contributed by atoms with Gasteiger partial charge in [-0.05, 0) is 60.4 Å². The molecule has 2 aromatic carbocycles. The van der Waals surface area contributed by atoms with Crippen molar-refractivity contribution in [1.29, 1.82) is 0 Å². The van der Waals surface area contributed by atoms with Crippen molar-refractivity contribution in [3.63, 3.8) is 0 Å². The Morgan fingerprint density at radius 3 is 2.25 bits per heavy atom. The molecule has 1 aliphatic heterocycles. The van der Waals surface area contributed by atoms with Gasteiger partial charge in [0, 0.05) is 25.7 Å². The largest absolute Gasteiger partial charge is 0.366 e. The maximum absolute atomic E-state index is 13.4. The summed E-state index contributed by atoms with van der Waals surface area (Å²) in [7, 11) is 0. The predicted octanol–water partition coefficient (Wildman–Crippen LogP) is 4.89. The average molecular weight is 440 g/mol. The molecule has 0 aliphatic carbocycles. The molecule has 1 saturated heterocycles. The Hall–Kier alpha value is -3.55. The van der Waals surface area contributed by atoms with Gasteiger partial charge in [0.1, 0.15) is 23.3 Å². The standard InChI is InChI=1S/C24H23F3N4O/c25-18-5-3-16(4-6-18)15-28-22-8-7-21(24(30-22)31-9-1-2-10-31)29-23(32)13-17-11-19(26)14-20(27)12-17/h3-8,11-12,14H,1-2,9-10,13,15H2,(H,28,30)(H,29,32). The molecule has 0 atom stereocenters. The molecule has 1 aromatic heterocycles. The van der Waals surface area contributed by atoms with Crippen LogP contribution in [0.3, 0.4) is 0 Å². The molecule has 166 valence electrons. The van der Waals surface area contributed by atoms with E-state index in [9.17, 15) is 18.0 Å². The van der Waals surface area contributed by atoms with Crippen LogP contribution >= 0.6 is 0 Å². The van der Waals surface area contributed by atoms with E-state index in [0.717, 1.165) is 49.7 Å². The fourth-order valence-electron chi connectivity index (χ4n) is 3.70. The minimum atomic E-state index is -0.719. The molecule has 8 heteroatoms. The van der Waals surface area contributed by atoms with Gasteiger partial charge in [-0.15, -0.1) is 0 Å². The van der Waals surface area contributed by atoms with E-state index in [1.165, 1.54) is 12.1 Å². The molecule has 2 heterocycles. The van der Waals surface area contributed by atoms with Gasteiger partial charge in [0.2, 0.25) is 5.91 Å². The first kappa shape index (κ1) is 21.7. The molecule has 0 bridgehead atoms. The Morgan fingerprint density at radius 1 is 0.875 bits per heavy atom. The summed E-state index contributed by atoms with van der Waals surface area (Å²) in [6.45, 7) is 2.13. The van der Waals surface area contributed by atoms with Gasteiger partial charge >= 0.3 is 0 Å². The average Bonchev–Trinajstić information content (AvgIpc) is 3.28. The lowest BCUT2D eigenvalue weighted by Crippen LogP contribution is -2.23. The monoisotopic (exact) mass is 440 g/mol. The molecular weight excluding hydrogens is 417 g/mol. The van der Waals surface area contributed by atoms with Gasteiger partial charge in [0.25, 0.3) is 0 Å². The zero-order valence-corrected chi connectivity index (χ0v) is 17.4. The fraction of sp³-hybridized carbons (Fsp3) is 0.250. The number of benzene rings is 2. The molecule has 5 nitrogen and oxygen atoms in total. The van der Waals surface area contributed by atoms with Crippen LogP contribution in [-0.2, 0) is 17.8 Å². The van der Waals surface area contributed by atoms with E-state index in [2.05, 4.69) is 20.5 Å². The number of halogens is 3. The minimum Gasteiger partial charge on any atom is -0.366 e. The van der Waals surface area contributed by atoms with Crippen LogP contribution in [0.1, 0.15) is 24.0 Å². The van der Waals surface area contributed by atoms with Crippen LogP contribution in [-0.4, -0.2) is 24.0 Å². The van der Waals surface area contributed by atoms with Crippen molar-refractivity contribution >= 4 is 23.2 Å². The third-order valence-corrected chi connectivity index (χ3v) is 5.23. The minimum absolute atomic E-state index is 0.154. The van der Waals surface area contributed by atoms with E-state index in [0.29, 0.717) is 23.9 Å². The first-order valence-corrected chi connectivity index (χ1v) is 10.5. The van der Waals surface area contributed by atoms with E-state index in [1.807, 2.05) is 0 Å². The van der Waals surface area contributed by atoms with Crippen molar-refractivity contribution in [2.45, 2.75) is 25.8 Å². The molecule has 2 N–H and O–H groups in total. The first-order chi connectivity index (χ1) is 15.5. The van der Waals surface area contributed by atoms with Crippen molar-refractivity contribution < 1.29 is 18.0 Å². The molecule has 0 unspecified atom stereocenters. The van der Waals surface area contributed by atoms with E-state index in [4.69, 9.17) is 0 Å². The Labute approximate surface area is 184 Å². The zero-order valence-electron chi connectivity index (χ0n) is 17.4. The van der Waals surface area contributed by atoms with Gasteiger partial charge in [0.05, 0.1) is 12.1 Å². The van der Waals surface area contributed by atoms with Crippen LogP contribution in [0.4, 0.5) is 30.5 Å². The van der Waals surface area contributed by atoms with E-state index < -0.39 is 11.6 Å². The molecular formula is C24H23F3N4O. The number of carbonyl (C=O) groups is 1. The number of pyridine rings is 1. The second-order valence-electron chi connectivity index (χ2n) is 7.74. The lowest BCUT2D eigenvalue weighted by molar-refractivity contribution is -0.115. The third kappa shape index (κ3) is 5.57. The van der Waals surface area contributed by atoms with E-state index in [1.54, 1.807) is 24.3 Å². The van der Waals surface area contributed by atoms with Crippen molar-refractivity contribution in [3.8, 4) is 0 Å². The second-order valence-corrected chi connectivity index (χ2v) is 7.74. The lowest BCUT2D eigenvalue weighted by atomic mass is 10.1. The fourth-order valence-corrected chi connectivity index (χ4v) is 3.70. The van der Waals surface area contributed by atoms with Crippen LogP contribution < -0.4 is 15.5 Å². The topological polar surface area (TPSA) is 57.3 Å². The van der Waals surface area contributed by atoms with Crippen LogP contribution in [0, 0.1) is 17.5 Å². The molecule has 1 aliphatic rings. The number of anilines is 3. The molecule has 32 heavy (non-hydrogen) atoms. The van der Waals surface area contributed by atoms with Crippen LogP contribution in [0.5, 0.6) is 0 Å². The summed E-state index contributed by atoms with van der Waals surface area (Å²) in [5.74, 6) is -0.840. The molecule has 0 spiro atoms. The van der Waals surface area contributed by atoms with E-state index >= 15 is 0 Å². The first-order valence-electron chi connectivity index (χ1n) is 10.5. The SMILES string of the molecule is O=C(Cc1cc(F)cc(F)c1)Nc1ccc(NCc2ccc(F)cc2)nc1N1CCCC1. The molecule has 3 aromatic rings. The van der Waals surface area contributed by atoms with Crippen molar-refractivity contribution in [2.75, 3.05) is 28.6 Å². The number of hydrogen-bond acceptors (Lipinski definition) is 4. The molecule has 0 saturated carbocycles. The summed E-state index contributed by atoms with van der Waals surface area (Å²) in [4.78, 5) is 19.3. The number of rotatable bonds is 7. The summed E-state index contributed by atoms with van der Waals surface area (Å²) in [6, 6.07) is 12.8. The smallest absolute Gasteiger partial charge is 0.228 e. The predicted molar refractivity (Wildman–Crippen MR) is 118 cm³/mol. The molecule has 1 amide bonds. The van der Waals surface area contributed by atoms with Crippen LogP contribution in [0.25, 0.3) is 0 Å². The third-order valence-electron chi connectivity index (χ3n) is 5.23. The van der Waals surface area contributed by atoms with Crippen LogP contribution in [0.15, 0.2) is 54.6 Å². The highest BCUT2D eigenvalue weighted by molar-refractivity contribution is 5.95. The normalized spacial score (nSPS) is 13.3. The van der Waals surface area contributed by atoms with Crippen LogP contribution in [0.2, 0.25) is 0 Å². The summed E-state index contributed by atoms with van der Waals surface area (Å²) < 4.78 is 39.9. The van der Waals surface area contributed by atoms with Gasteiger partial charge in [0.15, 0.2) is 5.82 Å². The molecule has 4 rings (SSSR count). The Kier molecular flexibility index (Phi) is 6.58. The molecule has 0 radical (unpaired) electrons. The van der Waals surface area contributed by atoms with Gasteiger partial charge in [-0.25, -0.2) is 18.2 Å². The lowest BCUT2D eigenvalue weighted by Gasteiger charge is -2.21. The maximum Gasteiger partial charge on any atom is 0.228 e. The van der Waals surface area contributed by atoms with Gasteiger partial charge in [-0.2, -0.15) is 0 Å². The molecule has 1 fully saturated rings. The van der Waals surface area contributed by atoms with Crippen molar-refractivity contribution in [3.05, 3.63) is 83.2 Å². The highest BCUT2D eigenvalue weighted by Gasteiger charge is 2.19. The Morgan fingerprint density at radius 2 is 1.56 bits per heavy atom.